The van der Waals surface area contributed by atoms with E-state index in [1.807, 2.05) is 36.4 Å². The van der Waals surface area contributed by atoms with Gasteiger partial charge in [0.05, 0.1) is 19.8 Å². The summed E-state index contributed by atoms with van der Waals surface area (Å²) in [5, 5.41) is 12.2. The first-order valence-corrected chi connectivity index (χ1v) is 8.56. The van der Waals surface area contributed by atoms with Crippen molar-refractivity contribution in [3.05, 3.63) is 70.8 Å². The molecule has 1 heterocycles. The van der Waals surface area contributed by atoms with Crippen LogP contribution >= 0.6 is 0 Å². The summed E-state index contributed by atoms with van der Waals surface area (Å²) < 4.78 is 5.87. The minimum absolute atomic E-state index is 0.00333. The van der Waals surface area contributed by atoms with Crippen molar-refractivity contribution < 1.29 is 14.6 Å². The molecular weight excluding hydrogens is 316 g/mol. The van der Waals surface area contributed by atoms with Crippen molar-refractivity contribution in [1.29, 1.82) is 0 Å². The zero-order chi connectivity index (χ0) is 17.6. The third kappa shape index (κ3) is 4.38. The molecule has 3 rings (SSSR count). The molecule has 0 bridgehead atoms. The maximum atomic E-state index is 12.5. The molecule has 0 saturated carbocycles. The molecule has 2 aromatic carbocycles. The van der Waals surface area contributed by atoms with E-state index in [1.54, 1.807) is 4.90 Å². The summed E-state index contributed by atoms with van der Waals surface area (Å²) in [6.45, 7) is 4.18. The average molecular weight is 340 g/mol. The summed E-state index contributed by atoms with van der Waals surface area (Å²) in [5.41, 5.74) is 4.13. The maximum absolute atomic E-state index is 12.5. The Labute approximate surface area is 148 Å². The van der Waals surface area contributed by atoms with Crippen LogP contribution in [-0.4, -0.2) is 35.7 Å². The van der Waals surface area contributed by atoms with Crippen LogP contribution in [0.4, 0.5) is 4.79 Å². The summed E-state index contributed by atoms with van der Waals surface area (Å²) in [7, 11) is 0. The number of aryl methyl sites for hydroxylation is 1. The lowest BCUT2D eigenvalue weighted by Crippen LogP contribution is -2.47. The molecule has 2 aromatic rings. The molecule has 5 heteroatoms. The van der Waals surface area contributed by atoms with Crippen molar-refractivity contribution in [2.24, 2.45) is 0 Å². The van der Waals surface area contributed by atoms with Crippen LogP contribution in [-0.2, 0) is 17.9 Å². The van der Waals surface area contributed by atoms with Crippen molar-refractivity contribution in [2.75, 3.05) is 19.7 Å². The van der Waals surface area contributed by atoms with Crippen molar-refractivity contribution in [2.45, 2.75) is 26.2 Å². The minimum atomic E-state index is -0.0868. The molecule has 5 nitrogen and oxygen atoms in total. The quantitative estimate of drug-likeness (QED) is 0.900. The van der Waals surface area contributed by atoms with E-state index < -0.39 is 0 Å². The first kappa shape index (κ1) is 17.5. The van der Waals surface area contributed by atoms with E-state index in [0.717, 1.165) is 16.7 Å². The Bertz CT molecular complexity index is 732. The Hall–Kier alpha value is -2.37. The molecule has 132 valence electrons. The van der Waals surface area contributed by atoms with Gasteiger partial charge in [-0.05, 0) is 29.2 Å². The zero-order valence-electron chi connectivity index (χ0n) is 14.4. The third-order valence-electron chi connectivity index (χ3n) is 4.51. The van der Waals surface area contributed by atoms with E-state index in [4.69, 9.17) is 4.74 Å². The van der Waals surface area contributed by atoms with E-state index in [1.165, 1.54) is 5.56 Å². The molecule has 25 heavy (non-hydrogen) atoms. The van der Waals surface area contributed by atoms with Gasteiger partial charge in [0.1, 0.15) is 6.10 Å². The highest BCUT2D eigenvalue weighted by Crippen LogP contribution is 2.24. The highest BCUT2D eigenvalue weighted by Gasteiger charge is 2.26. The number of morpholine rings is 1. The molecule has 0 spiro atoms. The first-order chi connectivity index (χ1) is 12.2. The molecular formula is C20H24N2O3. The summed E-state index contributed by atoms with van der Waals surface area (Å²) in [4.78, 5) is 14.3. The standard InChI is InChI=1S/C20H24N2O3/c1-15-5-2-3-8-18(15)19-13-22(9-10-25-19)20(24)21-12-16-6-4-7-17(11-16)14-23/h2-8,11,19,23H,9-10,12-14H2,1H3,(H,21,24)/t19-/m1/s1. The maximum Gasteiger partial charge on any atom is 0.317 e. The lowest BCUT2D eigenvalue weighted by Gasteiger charge is -2.33. The summed E-state index contributed by atoms with van der Waals surface area (Å²) in [5.74, 6) is 0. The number of benzene rings is 2. The SMILES string of the molecule is Cc1ccccc1[C@H]1CN(C(=O)NCc2cccc(CO)c2)CCO1. The van der Waals surface area contributed by atoms with Crippen molar-refractivity contribution in [1.82, 2.24) is 10.2 Å². The number of aliphatic hydroxyl groups is 1. The molecule has 0 unspecified atom stereocenters. The predicted molar refractivity (Wildman–Crippen MR) is 96.0 cm³/mol. The topological polar surface area (TPSA) is 61.8 Å². The van der Waals surface area contributed by atoms with Crippen LogP contribution in [0.5, 0.6) is 0 Å². The smallest absolute Gasteiger partial charge is 0.317 e. The number of aliphatic hydroxyl groups excluding tert-OH is 1. The number of carbonyl (C=O) groups excluding carboxylic acids is 1. The van der Waals surface area contributed by atoms with E-state index in [2.05, 4.69) is 24.4 Å². The minimum Gasteiger partial charge on any atom is -0.392 e. The summed E-state index contributed by atoms with van der Waals surface area (Å²) in [6.07, 6.45) is -0.0848. The van der Waals surface area contributed by atoms with Crippen LogP contribution in [0.25, 0.3) is 0 Å². The fraction of sp³-hybridized carbons (Fsp3) is 0.350. The number of hydrogen-bond donors (Lipinski definition) is 2. The van der Waals surface area contributed by atoms with Gasteiger partial charge in [-0.15, -0.1) is 0 Å². The second-order valence-corrected chi connectivity index (χ2v) is 6.30. The number of amides is 2. The molecule has 1 atom stereocenters. The zero-order valence-corrected chi connectivity index (χ0v) is 14.4. The molecule has 1 aliphatic rings. The lowest BCUT2D eigenvalue weighted by atomic mass is 10.0. The van der Waals surface area contributed by atoms with Gasteiger partial charge in [-0.25, -0.2) is 4.79 Å². The average Bonchev–Trinajstić information content (AvgIpc) is 2.66. The molecule has 2 N–H and O–H groups in total. The normalized spacial score (nSPS) is 17.4. The van der Waals surface area contributed by atoms with Crippen molar-refractivity contribution in [3.8, 4) is 0 Å². The fourth-order valence-electron chi connectivity index (χ4n) is 3.10. The van der Waals surface area contributed by atoms with Crippen LogP contribution in [0.2, 0.25) is 0 Å². The van der Waals surface area contributed by atoms with Crippen molar-refractivity contribution in [3.63, 3.8) is 0 Å². The van der Waals surface area contributed by atoms with E-state index in [-0.39, 0.29) is 18.7 Å². The number of hydrogen-bond acceptors (Lipinski definition) is 3. The predicted octanol–water partition coefficient (Wildman–Crippen LogP) is 2.77. The first-order valence-electron chi connectivity index (χ1n) is 8.56. The van der Waals surface area contributed by atoms with Gasteiger partial charge in [-0.2, -0.15) is 0 Å². The molecule has 0 aliphatic carbocycles. The molecule has 1 fully saturated rings. The van der Waals surface area contributed by atoms with E-state index in [0.29, 0.717) is 26.2 Å². The van der Waals surface area contributed by atoms with Crippen LogP contribution in [0.1, 0.15) is 28.4 Å². The number of nitrogens with one attached hydrogen (secondary N) is 1. The fourth-order valence-corrected chi connectivity index (χ4v) is 3.10. The molecule has 0 aromatic heterocycles. The van der Waals surface area contributed by atoms with E-state index >= 15 is 0 Å². The van der Waals surface area contributed by atoms with Crippen LogP contribution in [0.15, 0.2) is 48.5 Å². The largest absolute Gasteiger partial charge is 0.392 e. The lowest BCUT2D eigenvalue weighted by molar-refractivity contribution is -0.0157. The summed E-state index contributed by atoms with van der Waals surface area (Å²) in [6, 6.07) is 15.6. The number of ether oxygens (including phenoxy) is 1. The van der Waals surface area contributed by atoms with Gasteiger partial charge in [0.25, 0.3) is 0 Å². The molecule has 2 amide bonds. The second kappa shape index (κ2) is 8.14. The Kier molecular flexibility index (Phi) is 5.68. The highest BCUT2D eigenvalue weighted by molar-refractivity contribution is 5.74. The summed E-state index contributed by atoms with van der Waals surface area (Å²) >= 11 is 0. The van der Waals surface area contributed by atoms with Gasteiger partial charge >= 0.3 is 6.03 Å². The van der Waals surface area contributed by atoms with Gasteiger partial charge in [0.2, 0.25) is 0 Å². The second-order valence-electron chi connectivity index (χ2n) is 6.30. The Balaban J connectivity index is 1.59. The number of carbonyl (C=O) groups is 1. The van der Waals surface area contributed by atoms with Crippen LogP contribution in [0, 0.1) is 6.92 Å². The van der Waals surface area contributed by atoms with Gasteiger partial charge < -0.3 is 20.1 Å². The Morgan fingerprint density at radius 2 is 2.04 bits per heavy atom. The Morgan fingerprint density at radius 1 is 1.24 bits per heavy atom. The number of rotatable bonds is 4. The molecule has 1 aliphatic heterocycles. The van der Waals surface area contributed by atoms with Crippen molar-refractivity contribution >= 4 is 6.03 Å². The van der Waals surface area contributed by atoms with E-state index in [9.17, 15) is 9.90 Å². The third-order valence-corrected chi connectivity index (χ3v) is 4.51. The molecule has 1 saturated heterocycles. The van der Waals surface area contributed by atoms with Gasteiger partial charge in [0, 0.05) is 13.1 Å². The van der Waals surface area contributed by atoms with Gasteiger partial charge in [-0.1, -0.05) is 48.5 Å². The number of nitrogens with zero attached hydrogens (tertiary/aromatic N) is 1. The molecule has 0 radical (unpaired) electrons. The van der Waals surface area contributed by atoms with Crippen LogP contribution < -0.4 is 5.32 Å². The highest BCUT2D eigenvalue weighted by atomic mass is 16.5. The van der Waals surface area contributed by atoms with Gasteiger partial charge in [0.15, 0.2) is 0 Å². The van der Waals surface area contributed by atoms with Gasteiger partial charge in [-0.3, -0.25) is 0 Å². The monoisotopic (exact) mass is 340 g/mol. The Morgan fingerprint density at radius 3 is 2.84 bits per heavy atom. The number of urea groups is 1. The van der Waals surface area contributed by atoms with Crippen LogP contribution in [0.3, 0.4) is 0 Å².